The van der Waals surface area contributed by atoms with Gasteiger partial charge in [-0.05, 0) is 18.2 Å². The van der Waals surface area contributed by atoms with Crippen LogP contribution >= 0.6 is 11.6 Å². The fraction of sp³-hybridized carbons (Fsp3) is 0.107. The molecule has 8 nitrogen and oxygen atoms in total. The van der Waals surface area contributed by atoms with Gasteiger partial charge in [-0.3, -0.25) is 9.89 Å². The van der Waals surface area contributed by atoms with E-state index in [1.807, 2.05) is 30.3 Å². The Balaban J connectivity index is 1.67. The third-order valence-corrected chi connectivity index (χ3v) is 7.28. The van der Waals surface area contributed by atoms with Crippen molar-refractivity contribution in [3.63, 3.8) is 0 Å². The molecule has 3 heterocycles. The van der Waals surface area contributed by atoms with E-state index in [0.717, 1.165) is 0 Å². The molecule has 0 fully saturated rings. The van der Waals surface area contributed by atoms with Crippen LogP contribution in [0.25, 0.3) is 11.3 Å². The number of rotatable bonds is 4. The number of benzene rings is 3. The number of methoxy groups -OCH3 is 1. The highest BCUT2D eigenvalue weighted by molar-refractivity contribution is 6.31. The van der Waals surface area contributed by atoms with Crippen molar-refractivity contribution in [2.24, 2.45) is 5.73 Å². The van der Waals surface area contributed by atoms with Crippen LogP contribution in [0.5, 0.6) is 5.88 Å². The number of ether oxygens (including phenoxy) is 2. The SMILES string of the molecule is COC(=O)C1=C(N)Oc2n[nH]c(-c3ccccc3)c2[C@@]12C(=O)N(Cc1c(F)cccc1Cl)c1ccccc12. The number of nitrogens with one attached hydrogen (secondary N) is 1. The Bertz CT molecular complexity index is 1630. The van der Waals surface area contributed by atoms with Crippen LogP contribution in [0.2, 0.25) is 5.02 Å². The number of aromatic nitrogens is 2. The number of H-pyrrole nitrogens is 1. The topological polar surface area (TPSA) is 111 Å². The zero-order valence-electron chi connectivity index (χ0n) is 20.0. The fourth-order valence-corrected chi connectivity index (χ4v) is 5.54. The number of nitrogens with zero attached hydrogens (tertiary/aromatic N) is 2. The van der Waals surface area contributed by atoms with Gasteiger partial charge in [0.2, 0.25) is 17.7 Å². The van der Waals surface area contributed by atoms with Gasteiger partial charge in [-0.15, -0.1) is 5.10 Å². The number of amides is 1. The van der Waals surface area contributed by atoms with Crippen molar-refractivity contribution in [2.45, 2.75) is 12.0 Å². The normalized spacial score (nSPS) is 17.9. The second-order valence-corrected chi connectivity index (χ2v) is 9.24. The summed E-state index contributed by atoms with van der Waals surface area (Å²) in [5.41, 5.74) is 6.81. The maximum absolute atomic E-state index is 14.9. The zero-order valence-corrected chi connectivity index (χ0v) is 20.8. The van der Waals surface area contributed by atoms with Gasteiger partial charge in [-0.1, -0.05) is 66.2 Å². The van der Waals surface area contributed by atoms with Crippen LogP contribution < -0.4 is 15.4 Å². The quantitative estimate of drug-likeness (QED) is 0.377. The van der Waals surface area contributed by atoms with Gasteiger partial charge in [0.15, 0.2) is 0 Å². The van der Waals surface area contributed by atoms with Gasteiger partial charge in [0.1, 0.15) is 16.8 Å². The van der Waals surface area contributed by atoms with Crippen LogP contribution in [0, 0.1) is 5.82 Å². The average Bonchev–Trinajstić information content (AvgIpc) is 3.45. The molecule has 4 aromatic rings. The first-order valence-electron chi connectivity index (χ1n) is 11.6. The summed E-state index contributed by atoms with van der Waals surface area (Å²) in [6, 6.07) is 20.5. The van der Waals surface area contributed by atoms with Gasteiger partial charge in [0, 0.05) is 27.4 Å². The zero-order chi connectivity index (χ0) is 26.6. The maximum atomic E-state index is 14.9. The first-order valence-corrected chi connectivity index (χ1v) is 12.0. The number of anilines is 1. The Morgan fingerprint density at radius 3 is 2.61 bits per heavy atom. The highest BCUT2D eigenvalue weighted by atomic mass is 35.5. The lowest BCUT2D eigenvalue weighted by Crippen LogP contribution is -2.48. The van der Waals surface area contributed by atoms with Crippen molar-refractivity contribution < 1.29 is 23.5 Å². The van der Waals surface area contributed by atoms with Crippen molar-refractivity contribution in [1.82, 2.24) is 10.2 Å². The second kappa shape index (κ2) is 8.74. The van der Waals surface area contributed by atoms with E-state index in [4.69, 9.17) is 26.8 Å². The number of esters is 1. The van der Waals surface area contributed by atoms with Gasteiger partial charge in [0.25, 0.3) is 0 Å². The van der Waals surface area contributed by atoms with Crippen molar-refractivity contribution in [3.8, 4) is 17.1 Å². The first kappa shape index (κ1) is 23.7. The second-order valence-electron chi connectivity index (χ2n) is 8.84. The van der Waals surface area contributed by atoms with Crippen LogP contribution in [-0.2, 0) is 26.3 Å². The minimum atomic E-state index is -1.79. The number of aromatic amines is 1. The molecule has 6 rings (SSSR count). The van der Waals surface area contributed by atoms with E-state index in [1.165, 1.54) is 24.1 Å². The van der Waals surface area contributed by atoms with E-state index < -0.39 is 23.1 Å². The summed E-state index contributed by atoms with van der Waals surface area (Å²) in [5, 5.41) is 7.42. The van der Waals surface area contributed by atoms with Crippen molar-refractivity contribution in [3.05, 3.63) is 112 Å². The van der Waals surface area contributed by atoms with E-state index in [0.29, 0.717) is 28.1 Å². The highest BCUT2D eigenvalue weighted by Crippen LogP contribution is 2.57. The highest BCUT2D eigenvalue weighted by Gasteiger charge is 2.63. The molecule has 1 aromatic heterocycles. The van der Waals surface area contributed by atoms with Gasteiger partial charge in [0.05, 0.1) is 24.9 Å². The summed E-state index contributed by atoms with van der Waals surface area (Å²) in [6.07, 6.45) is 0. The molecule has 1 atom stereocenters. The number of para-hydroxylation sites is 1. The predicted molar refractivity (Wildman–Crippen MR) is 138 cm³/mol. The maximum Gasteiger partial charge on any atom is 0.340 e. The molecular weight excluding hydrogens is 511 g/mol. The lowest BCUT2D eigenvalue weighted by molar-refractivity contribution is -0.138. The molecular formula is C28H20ClFN4O4. The molecule has 1 spiro atoms. The molecule has 190 valence electrons. The number of fused-ring (bicyclic) bond motifs is 4. The smallest absolute Gasteiger partial charge is 0.340 e. The number of hydrogen-bond acceptors (Lipinski definition) is 6. The molecule has 3 aromatic carbocycles. The number of nitrogens with two attached hydrogens (primary N) is 1. The van der Waals surface area contributed by atoms with Gasteiger partial charge in [-0.25, -0.2) is 9.18 Å². The van der Waals surface area contributed by atoms with E-state index in [9.17, 15) is 14.0 Å². The number of carbonyl (C=O) groups is 2. The summed E-state index contributed by atoms with van der Waals surface area (Å²) < 4.78 is 25.7. The Hall–Kier alpha value is -4.63. The molecule has 0 radical (unpaired) electrons. The van der Waals surface area contributed by atoms with Crippen molar-refractivity contribution >= 4 is 29.2 Å². The molecule has 38 heavy (non-hydrogen) atoms. The minimum absolute atomic E-state index is 0.0444. The fourth-order valence-electron chi connectivity index (χ4n) is 5.32. The summed E-state index contributed by atoms with van der Waals surface area (Å²) in [7, 11) is 1.20. The van der Waals surface area contributed by atoms with Crippen LogP contribution in [0.4, 0.5) is 10.1 Å². The van der Waals surface area contributed by atoms with Crippen LogP contribution in [0.3, 0.4) is 0 Å². The lowest BCUT2D eigenvalue weighted by Gasteiger charge is -2.34. The number of halogens is 2. The summed E-state index contributed by atoms with van der Waals surface area (Å²) in [4.78, 5) is 29.5. The van der Waals surface area contributed by atoms with E-state index in [-0.39, 0.29) is 34.5 Å². The lowest BCUT2D eigenvalue weighted by atomic mass is 9.68. The van der Waals surface area contributed by atoms with Crippen molar-refractivity contribution in [2.75, 3.05) is 12.0 Å². The van der Waals surface area contributed by atoms with Crippen LogP contribution in [0.15, 0.2) is 84.3 Å². The van der Waals surface area contributed by atoms with Gasteiger partial charge < -0.3 is 20.1 Å². The standard InChI is InChI=1S/C28H20ClFN4O4/c1-37-26(35)22-24(31)38-25-21(23(32-33-25)15-8-3-2-4-9-15)28(22)17-10-5-6-13-20(17)34(27(28)36)14-16-18(29)11-7-12-19(16)30/h2-13H,14,31H2,1H3,(H,32,33)/t28-/m1/s1. The average molecular weight is 531 g/mol. The monoisotopic (exact) mass is 530 g/mol. The van der Waals surface area contributed by atoms with E-state index >= 15 is 0 Å². The number of carbonyl (C=O) groups excluding carboxylic acids is 2. The largest absolute Gasteiger partial charge is 0.465 e. The Kier molecular flexibility index (Phi) is 5.46. The Labute approximate surface area is 221 Å². The Morgan fingerprint density at radius 1 is 1.13 bits per heavy atom. The van der Waals surface area contributed by atoms with E-state index in [1.54, 1.807) is 30.3 Å². The molecule has 0 saturated heterocycles. The Morgan fingerprint density at radius 2 is 1.87 bits per heavy atom. The third kappa shape index (κ3) is 3.18. The van der Waals surface area contributed by atoms with Crippen molar-refractivity contribution in [1.29, 1.82) is 0 Å². The molecule has 3 N–H and O–H groups in total. The molecule has 1 amide bonds. The van der Waals surface area contributed by atoms with Gasteiger partial charge >= 0.3 is 5.97 Å². The molecule has 0 saturated carbocycles. The molecule has 2 aliphatic rings. The molecule has 0 bridgehead atoms. The molecule has 2 aliphatic heterocycles. The molecule has 10 heteroatoms. The number of hydrogen-bond donors (Lipinski definition) is 2. The summed E-state index contributed by atoms with van der Waals surface area (Å²) in [5.74, 6) is -2.23. The van der Waals surface area contributed by atoms with E-state index in [2.05, 4.69) is 10.2 Å². The van der Waals surface area contributed by atoms with Crippen LogP contribution in [0.1, 0.15) is 16.7 Å². The summed E-state index contributed by atoms with van der Waals surface area (Å²) >= 11 is 6.34. The third-order valence-electron chi connectivity index (χ3n) is 6.93. The molecule has 0 unspecified atom stereocenters. The van der Waals surface area contributed by atoms with Gasteiger partial charge in [-0.2, -0.15) is 0 Å². The van der Waals surface area contributed by atoms with Crippen LogP contribution in [-0.4, -0.2) is 29.2 Å². The minimum Gasteiger partial charge on any atom is -0.465 e. The molecule has 0 aliphatic carbocycles. The summed E-state index contributed by atoms with van der Waals surface area (Å²) in [6.45, 7) is -0.188. The predicted octanol–water partition coefficient (Wildman–Crippen LogP) is 4.44. The first-order chi connectivity index (χ1) is 18.4.